The summed E-state index contributed by atoms with van der Waals surface area (Å²) < 4.78 is 12.5. The number of hydrogen-bond acceptors (Lipinski definition) is 5. The van der Waals surface area contributed by atoms with Crippen LogP contribution in [0.4, 0.5) is 11.4 Å². The van der Waals surface area contributed by atoms with Crippen molar-refractivity contribution in [3.63, 3.8) is 0 Å². The maximum absolute atomic E-state index is 13.6. The SMILES string of the molecule is COc1ccc(-c2nn(-c3ccccc3)cc2C(=O)Nc2ccccc2N2CCOCC2)cc1. The highest BCUT2D eigenvalue weighted by Gasteiger charge is 2.21. The molecule has 0 unspecified atom stereocenters. The summed E-state index contributed by atoms with van der Waals surface area (Å²) in [6, 6.07) is 25.2. The van der Waals surface area contributed by atoms with Gasteiger partial charge in [-0.05, 0) is 48.5 Å². The van der Waals surface area contributed by atoms with E-state index in [0.717, 1.165) is 41.5 Å². The normalized spacial score (nSPS) is 13.5. The third-order valence-electron chi connectivity index (χ3n) is 5.85. The van der Waals surface area contributed by atoms with E-state index in [2.05, 4.69) is 10.2 Å². The number of ether oxygens (including phenoxy) is 2. The van der Waals surface area contributed by atoms with Crippen LogP contribution >= 0.6 is 0 Å². The van der Waals surface area contributed by atoms with E-state index in [-0.39, 0.29) is 5.91 Å². The zero-order chi connectivity index (χ0) is 23.3. The van der Waals surface area contributed by atoms with Crippen molar-refractivity contribution in [1.29, 1.82) is 0 Å². The summed E-state index contributed by atoms with van der Waals surface area (Å²) in [4.78, 5) is 15.8. The van der Waals surface area contributed by atoms with Gasteiger partial charge < -0.3 is 19.7 Å². The second kappa shape index (κ2) is 9.80. The number of methoxy groups -OCH3 is 1. The fourth-order valence-corrected chi connectivity index (χ4v) is 4.06. The van der Waals surface area contributed by atoms with Gasteiger partial charge in [0.05, 0.1) is 42.9 Å². The predicted molar refractivity (Wildman–Crippen MR) is 133 cm³/mol. The van der Waals surface area contributed by atoms with Crippen molar-refractivity contribution >= 4 is 17.3 Å². The quantitative estimate of drug-likeness (QED) is 0.460. The molecule has 1 N–H and O–H groups in total. The second-order valence-electron chi connectivity index (χ2n) is 7.97. The third kappa shape index (κ3) is 4.51. The first-order chi connectivity index (χ1) is 16.7. The lowest BCUT2D eigenvalue weighted by Gasteiger charge is -2.30. The van der Waals surface area contributed by atoms with Crippen LogP contribution in [0.1, 0.15) is 10.4 Å². The van der Waals surface area contributed by atoms with Crippen molar-refractivity contribution in [2.75, 3.05) is 43.6 Å². The molecule has 1 aliphatic heterocycles. The molecule has 5 rings (SSSR count). The number of carbonyl (C=O) groups excluding carboxylic acids is 1. The average Bonchev–Trinajstić information content (AvgIpc) is 3.36. The van der Waals surface area contributed by atoms with Gasteiger partial charge in [-0.1, -0.05) is 30.3 Å². The summed E-state index contributed by atoms with van der Waals surface area (Å²) in [5.74, 6) is 0.533. The lowest BCUT2D eigenvalue weighted by Crippen LogP contribution is -2.36. The number of aromatic nitrogens is 2. The van der Waals surface area contributed by atoms with Crippen LogP contribution < -0.4 is 15.0 Å². The minimum Gasteiger partial charge on any atom is -0.497 e. The van der Waals surface area contributed by atoms with Gasteiger partial charge in [0.1, 0.15) is 11.4 Å². The molecular formula is C27H26N4O3. The number of morpholine rings is 1. The van der Waals surface area contributed by atoms with Gasteiger partial charge >= 0.3 is 0 Å². The van der Waals surface area contributed by atoms with E-state index in [9.17, 15) is 4.79 Å². The number of anilines is 2. The van der Waals surface area contributed by atoms with Crippen LogP contribution in [0, 0.1) is 0 Å². The number of rotatable bonds is 6. The van der Waals surface area contributed by atoms with E-state index >= 15 is 0 Å². The van der Waals surface area contributed by atoms with Crippen LogP contribution in [-0.4, -0.2) is 49.1 Å². The van der Waals surface area contributed by atoms with Crippen molar-refractivity contribution in [2.45, 2.75) is 0 Å². The van der Waals surface area contributed by atoms with Crippen molar-refractivity contribution < 1.29 is 14.3 Å². The molecule has 1 aliphatic rings. The first-order valence-corrected chi connectivity index (χ1v) is 11.3. The maximum Gasteiger partial charge on any atom is 0.259 e. The first-order valence-electron chi connectivity index (χ1n) is 11.3. The van der Waals surface area contributed by atoms with Crippen LogP contribution in [-0.2, 0) is 4.74 Å². The molecule has 2 heterocycles. The molecule has 3 aromatic carbocycles. The molecule has 34 heavy (non-hydrogen) atoms. The lowest BCUT2D eigenvalue weighted by molar-refractivity contribution is 0.102. The Morgan fingerprint density at radius 3 is 2.38 bits per heavy atom. The zero-order valence-corrected chi connectivity index (χ0v) is 19.0. The Hall–Kier alpha value is -4.10. The van der Waals surface area contributed by atoms with Gasteiger partial charge in [0.2, 0.25) is 0 Å². The van der Waals surface area contributed by atoms with Crippen molar-refractivity contribution in [3.05, 3.63) is 90.6 Å². The molecule has 1 amide bonds. The molecule has 0 bridgehead atoms. The van der Waals surface area contributed by atoms with E-state index in [4.69, 9.17) is 14.6 Å². The molecule has 1 fully saturated rings. The zero-order valence-electron chi connectivity index (χ0n) is 19.0. The number of benzene rings is 3. The summed E-state index contributed by atoms with van der Waals surface area (Å²) in [7, 11) is 1.63. The van der Waals surface area contributed by atoms with E-state index in [1.54, 1.807) is 18.0 Å². The van der Waals surface area contributed by atoms with Gasteiger partial charge in [-0.25, -0.2) is 4.68 Å². The maximum atomic E-state index is 13.6. The molecule has 7 heteroatoms. The van der Waals surface area contributed by atoms with E-state index in [1.807, 2.05) is 78.9 Å². The largest absolute Gasteiger partial charge is 0.497 e. The summed E-state index contributed by atoms with van der Waals surface area (Å²) in [6.07, 6.45) is 1.78. The molecule has 1 saturated heterocycles. The smallest absolute Gasteiger partial charge is 0.259 e. The Morgan fingerprint density at radius 2 is 1.65 bits per heavy atom. The van der Waals surface area contributed by atoms with Gasteiger partial charge in [0, 0.05) is 24.8 Å². The molecule has 4 aromatic rings. The van der Waals surface area contributed by atoms with Crippen LogP contribution in [0.5, 0.6) is 5.75 Å². The number of nitrogens with one attached hydrogen (secondary N) is 1. The lowest BCUT2D eigenvalue weighted by atomic mass is 10.1. The third-order valence-corrected chi connectivity index (χ3v) is 5.85. The van der Waals surface area contributed by atoms with Crippen LogP contribution in [0.15, 0.2) is 85.1 Å². The van der Waals surface area contributed by atoms with Crippen molar-refractivity contribution in [2.24, 2.45) is 0 Å². The molecule has 0 aliphatic carbocycles. The van der Waals surface area contributed by atoms with Crippen LogP contribution in [0.2, 0.25) is 0 Å². The highest BCUT2D eigenvalue weighted by Crippen LogP contribution is 2.30. The van der Waals surface area contributed by atoms with E-state index in [1.165, 1.54) is 0 Å². The van der Waals surface area contributed by atoms with E-state index < -0.39 is 0 Å². The minimum atomic E-state index is -0.214. The topological polar surface area (TPSA) is 68.6 Å². The van der Waals surface area contributed by atoms with E-state index in [0.29, 0.717) is 24.5 Å². The Bertz CT molecular complexity index is 1260. The molecular weight excluding hydrogens is 428 g/mol. The Labute approximate surface area is 198 Å². The number of para-hydroxylation sites is 3. The molecule has 7 nitrogen and oxygen atoms in total. The van der Waals surface area contributed by atoms with Gasteiger partial charge in [-0.15, -0.1) is 0 Å². The summed E-state index contributed by atoms with van der Waals surface area (Å²) in [6.45, 7) is 2.92. The average molecular weight is 455 g/mol. The molecule has 172 valence electrons. The Balaban J connectivity index is 1.51. The fraction of sp³-hybridized carbons (Fsp3) is 0.185. The number of hydrogen-bond donors (Lipinski definition) is 1. The van der Waals surface area contributed by atoms with Gasteiger partial charge in [-0.3, -0.25) is 4.79 Å². The fourth-order valence-electron chi connectivity index (χ4n) is 4.06. The Morgan fingerprint density at radius 1 is 0.941 bits per heavy atom. The summed E-state index contributed by atoms with van der Waals surface area (Å²) >= 11 is 0. The monoisotopic (exact) mass is 454 g/mol. The summed E-state index contributed by atoms with van der Waals surface area (Å²) in [5, 5.41) is 7.89. The molecule has 1 aromatic heterocycles. The van der Waals surface area contributed by atoms with Gasteiger partial charge in [-0.2, -0.15) is 5.10 Å². The Kier molecular flexibility index (Phi) is 6.27. The number of amides is 1. The highest BCUT2D eigenvalue weighted by molar-refractivity contribution is 6.09. The minimum absolute atomic E-state index is 0.214. The van der Waals surface area contributed by atoms with Crippen LogP contribution in [0.25, 0.3) is 16.9 Å². The predicted octanol–water partition coefficient (Wildman–Crippen LogP) is 4.64. The standard InChI is InChI=1S/C27H26N4O3/c1-33-22-13-11-20(12-14-22)26-23(19-31(29-26)21-7-3-2-4-8-21)27(32)28-24-9-5-6-10-25(24)30-15-17-34-18-16-30/h2-14,19H,15-18H2,1H3,(H,28,32). The van der Waals surface area contributed by atoms with Crippen molar-refractivity contribution in [1.82, 2.24) is 9.78 Å². The van der Waals surface area contributed by atoms with Crippen LogP contribution in [0.3, 0.4) is 0 Å². The molecule has 0 saturated carbocycles. The second-order valence-corrected chi connectivity index (χ2v) is 7.97. The number of nitrogens with zero attached hydrogens (tertiary/aromatic N) is 3. The highest BCUT2D eigenvalue weighted by atomic mass is 16.5. The summed E-state index contributed by atoms with van der Waals surface area (Å²) in [5.41, 5.74) is 4.56. The molecule has 0 spiro atoms. The van der Waals surface area contributed by atoms with Gasteiger partial charge in [0.15, 0.2) is 0 Å². The van der Waals surface area contributed by atoms with Crippen molar-refractivity contribution in [3.8, 4) is 22.7 Å². The molecule has 0 atom stereocenters. The molecule has 0 radical (unpaired) electrons. The first kappa shape index (κ1) is 21.7. The number of carbonyl (C=O) groups is 1. The van der Waals surface area contributed by atoms with Gasteiger partial charge in [0.25, 0.3) is 5.91 Å².